The molecule has 0 aliphatic carbocycles. The highest BCUT2D eigenvalue weighted by Gasteiger charge is 2.45. The van der Waals surface area contributed by atoms with Gasteiger partial charge in [0.15, 0.2) is 0 Å². The van der Waals surface area contributed by atoms with Gasteiger partial charge in [-0.25, -0.2) is 4.98 Å². The van der Waals surface area contributed by atoms with Crippen molar-refractivity contribution in [3.63, 3.8) is 0 Å². The molecule has 24 heavy (non-hydrogen) atoms. The summed E-state index contributed by atoms with van der Waals surface area (Å²) in [6, 6.07) is 2.02. The molecule has 3 fully saturated rings. The highest BCUT2D eigenvalue weighted by molar-refractivity contribution is 6.43. The number of hydrogen-bond acceptors (Lipinski definition) is 3. The largest absolute Gasteiger partial charge is 0.368 e. The molecule has 1 amide bonds. The minimum Gasteiger partial charge on any atom is -0.368 e. The van der Waals surface area contributed by atoms with Crippen LogP contribution in [0.5, 0.6) is 0 Å². The van der Waals surface area contributed by atoms with E-state index in [4.69, 9.17) is 10.5 Å². The first-order valence-corrected chi connectivity index (χ1v) is 9.50. The molecule has 2 atom stereocenters. The number of fused-ring (bicyclic) bond motifs is 6. The van der Waals surface area contributed by atoms with Crippen molar-refractivity contribution < 1.29 is 9.53 Å². The number of hydrogen-bond donors (Lipinski definition) is 1. The zero-order valence-electron chi connectivity index (χ0n) is 14.1. The predicted octanol–water partition coefficient (Wildman–Crippen LogP) is 3.01. The van der Waals surface area contributed by atoms with Gasteiger partial charge in [0.05, 0.1) is 11.8 Å². The SMILES string of the molecule is NC(=O)c1cc(C23[B]C(CCC2)CCC3)c2c(n1)C1CCC(C2)O1. The number of ether oxygens (including phenoxy) is 1. The van der Waals surface area contributed by atoms with Crippen LogP contribution in [-0.2, 0) is 16.5 Å². The van der Waals surface area contributed by atoms with Crippen molar-refractivity contribution in [2.24, 2.45) is 5.73 Å². The Kier molecular flexibility index (Phi) is 3.31. The maximum atomic E-state index is 11.9. The number of primary amides is 1. The smallest absolute Gasteiger partial charge is 0.267 e. The third-order valence-corrected chi connectivity index (χ3v) is 6.74. The van der Waals surface area contributed by atoms with E-state index in [9.17, 15) is 4.79 Å². The van der Waals surface area contributed by atoms with Gasteiger partial charge in [0.2, 0.25) is 0 Å². The molecule has 5 heteroatoms. The van der Waals surface area contributed by atoms with Gasteiger partial charge in [0.25, 0.3) is 5.91 Å². The van der Waals surface area contributed by atoms with Crippen LogP contribution in [-0.4, -0.2) is 24.3 Å². The Balaban J connectivity index is 1.68. The lowest BCUT2D eigenvalue weighted by molar-refractivity contribution is 0.0287. The van der Waals surface area contributed by atoms with Crippen molar-refractivity contribution in [3.05, 3.63) is 28.6 Å². The molecule has 1 aromatic rings. The molecule has 4 aliphatic heterocycles. The summed E-state index contributed by atoms with van der Waals surface area (Å²) in [5.74, 6) is 0.323. The molecule has 4 nitrogen and oxygen atoms in total. The Morgan fingerprint density at radius 3 is 2.79 bits per heavy atom. The maximum absolute atomic E-state index is 11.9. The van der Waals surface area contributed by atoms with Gasteiger partial charge in [-0.2, -0.15) is 0 Å². The van der Waals surface area contributed by atoms with Gasteiger partial charge in [-0.3, -0.25) is 4.79 Å². The first-order valence-electron chi connectivity index (χ1n) is 9.50. The first-order chi connectivity index (χ1) is 11.6. The number of carbonyl (C=O) groups excluding carboxylic acids is 1. The molecule has 0 aromatic carbocycles. The van der Waals surface area contributed by atoms with E-state index in [1.54, 1.807) is 0 Å². The molecule has 2 unspecified atom stereocenters. The summed E-state index contributed by atoms with van der Waals surface area (Å²) in [4.78, 5) is 16.5. The van der Waals surface area contributed by atoms with Gasteiger partial charge in [-0.05, 0) is 35.3 Å². The highest BCUT2D eigenvalue weighted by Crippen LogP contribution is 2.51. The van der Waals surface area contributed by atoms with Gasteiger partial charge >= 0.3 is 0 Å². The maximum Gasteiger partial charge on any atom is 0.267 e. The van der Waals surface area contributed by atoms with E-state index >= 15 is 0 Å². The lowest BCUT2D eigenvalue weighted by atomic mass is 9.34. The number of amides is 1. The quantitative estimate of drug-likeness (QED) is 0.851. The van der Waals surface area contributed by atoms with E-state index in [-0.39, 0.29) is 11.4 Å². The minimum absolute atomic E-state index is 0.0659. The fourth-order valence-electron chi connectivity index (χ4n) is 5.70. The molecule has 4 aliphatic rings. The summed E-state index contributed by atoms with van der Waals surface area (Å²) in [7, 11) is 2.61. The van der Waals surface area contributed by atoms with Crippen LogP contribution in [0.4, 0.5) is 0 Å². The summed E-state index contributed by atoms with van der Waals surface area (Å²) >= 11 is 0. The summed E-state index contributed by atoms with van der Waals surface area (Å²) in [5.41, 5.74) is 9.77. The summed E-state index contributed by atoms with van der Waals surface area (Å²) in [6.07, 6.45) is 11.1. The molecule has 125 valence electrons. The van der Waals surface area contributed by atoms with Crippen LogP contribution in [0.25, 0.3) is 0 Å². The van der Waals surface area contributed by atoms with E-state index in [0.717, 1.165) is 30.8 Å². The van der Waals surface area contributed by atoms with Gasteiger partial charge in [-0.1, -0.05) is 44.3 Å². The van der Waals surface area contributed by atoms with Crippen molar-refractivity contribution in [2.45, 2.75) is 81.1 Å². The predicted molar refractivity (Wildman–Crippen MR) is 92.2 cm³/mol. The monoisotopic (exact) mass is 323 g/mol. The third-order valence-electron chi connectivity index (χ3n) is 6.74. The van der Waals surface area contributed by atoms with E-state index in [1.165, 1.54) is 49.7 Å². The van der Waals surface area contributed by atoms with Crippen LogP contribution in [0, 0.1) is 0 Å². The number of nitrogens with two attached hydrogens (primary N) is 1. The lowest BCUT2D eigenvalue weighted by Crippen LogP contribution is -2.44. The fraction of sp³-hybridized carbons (Fsp3) is 0.684. The average molecular weight is 323 g/mol. The Bertz CT molecular complexity index is 695. The van der Waals surface area contributed by atoms with Crippen molar-refractivity contribution in [1.29, 1.82) is 0 Å². The van der Waals surface area contributed by atoms with Crippen LogP contribution in [0.2, 0.25) is 5.82 Å². The third kappa shape index (κ3) is 2.17. The molecule has 0 saturated carbocycles. The molecule has 3 saturated heterocycles. The van der Waals surface area contributed by atoms with E-state index in [2.05, 4.69) is 12.3 Å². The van der Waals surface area contributed by atoms with Crippen molar-refractivity contribution in [2.75, 3.05) is 0 Å². The van der Waals surface area contributed by atoms with E-state index in [1.807, 2.05) is 6.07 Å². The molecule has 5 rings (SSSR count). The summed E-state index contributed by atoms with van der Waals surface area (Å²) < 4.78 is 6.08. The normalized spacial score (nSPS) is 36.8. The second kappa shape index (κ2) is 5.32. The Labute approximate surface area is 143 Å². The van der Waals surface area contributed by atoms with Crippen LogP contribution >= 0.6 is 0 Å². The van der Waals surface area contributed by atoms with Gasteiger partial charge in [-0.15, -0.1) is 0 Å². The van der Waals surface area contributed by atoms with Gasteiger partial charge < -0.3 is 10.5 Å². The number of pyridine rings is 1. The van der Waals surface area contributed by atoms with Crippen LogP contribution < -0.4 is 5.73 Å². The molecular weight excluding hydrogens is 299 g/mol. The lowest BCUT2D eigenvalue weighted by Gasteiger charge is -2.47. The van der Waals surface area contributed by atoms with Crippen LogP contribution in [0.3, 0.4) is 0 Å². The topological polar surface area (TPSA) is 65.2 Å². The Morgan fingerprint density at radius 2 is 2.04 bits per heavy atom. The highest BCUT2D eigenvalue weighted by atomic mass is 16.5. The Hall–Kier alpha value is -1.36. The van der Waals surface area contributed by atoms with Gasteiger partial charge in [0.1, 0.15) is 19.1 Å². The Morgan fingerprint density at radius 1 is 1.25 bits per heavy atom. The van der Waals surface area contributed by atoms with Gasteiger partial charge in [0, 0.05) is 6.42 Å². The average Bonchev–Trinajstić information content (AvgIpc) is 2.96. The van der Waals surface area contributed by atoms with Crippen molar-refractivity contribution in [1.82, 2.24) is 4.98 Å². The van der Waals surface area contributed by atoms with Crippen LogP contribution in [0.15, 0.2) is 6.07 Å². The van der Waals surface area contributed by atoms with E-state index < -0.39 is 5.91 Å². The number of carbonyl (C=O) groups is 1. The minimum atomic E-state index is -0.418. The molecule has 1 radical (unpaired) electrons. The zero-order valence-corrected chi connectivity index (χ0v) is 14.1. The summed E-state index contributed by atoms with van der Waals surface area (Å²) in [6.45, 7) is 0. The zero-order chi connectivity index (χ0) is 16.3. The molecule has 5 heterocycles. The number of rotatable bonds is 2. The van der Waals surface area contributed by atoms with Crippen molar-refractivity contribution in [3.8, 4) is 0 Å². The standard InChI is InChI=1S/C19H24BN2O2/c21-18(23)15-10-14(19-7-1-3-11(20-19)4-2-8-19)13-9-12-5-6-16(24-12)17(13)22-15/h10-12,16H,1-9H2,(H2,21,23). The van der Waals surface area contributed by atoms with E-state index in [0.29, 0.717) is 11.8 Å². The van der Waals surface area contributed by atoms with Crippen LogP contribution in [0.1, 0.15) is 84.8 Å². The second-order valence-corrected chi connectivity index (χ2v) is 8.18. The summed E-state index contributed by atoms with van der Waals surface area (Å²) in [5, 5.41) is 0.134. The molecule has 0 spiro atoms. The molecule has 2 N–H and O–H groups in total. The first kappa shape index (κ1) is 14.9. The second-order valence-electron chi connectivity index (χ2n) is 8.18. The van der Waals surface area contributed by atoms with Crippen molar-refractivity contribution >= 4 is 13.2 Å². The molecule has 4 bridgehead atoms. The molecule has 1 aromatic heterocycles. The number of nitrogens with zero attached hydrogens (tertiary/aromatic N) is 1. The fourth-order valence-corrected chi connectivity index (χ4v) is 5.70. The molecular formula is C19H24BN2O2. The number of aromatic nitrogens is 1.